The van der Waals surface area contributed by atoms with E-state index in [1.807, 2.05) is 43.3 Å². The zero-order valence-corrected chi connectivity index (χ0v) is 21.0. The van der Waals surface area contributed by atoms with Gasteiger partial charge in [0.15, 0.2) is 6.10 Å². The fourth-order valence-corrected chi connectivity index (χ4v) is 7.24. The number of hydrogen-bond acceptors (Lipinski definition) is 7. The van der Waals surface area contributed by atoms with E-state index in [1.54, 1.807) is 6.08 Å². The molecule has 1 aromatic rings. The van der Waals surface area contributed by atoms with Gasteiger partial charge in [-0.2, -0.15) is 0 Å². The molecule has 1 spiro atoms. The molecule has 2 aliphatic heterocycles. The number of hydrogen-bond donors (Lipinski definition) is 2. The molecule has 5 rings (SSSR count). The van der Waals surface area contributed by atoms with E-state index in [9.17, 15) is 19.8 Å². The van der Waals surface area contributed by atoms with Crippen LogP contribution in [0.25, 0.3) is 6.08 Å². The highest BCUT2D eigenvalue weighted by Crippen LogP contribution is 2.66. The van der Waals surface area contributed by atoms with E-state index in [-0.39, 0.29) is 36.1 Å². The third-order valence-electron chi connectivity index (χ3n) is 9.44. The van der Waals surface area contributed by atoms with Gasteiger partial charge in [0.1, 0.15) is 6.61 Å². The van der Waals surface area contributed by atoms with Gasteiger partial charge in [-0.3, -0.25) is 0 Å². The number of cyclic esters (lactones) is 1. The number of aliphatic hydroxyl groups excluding tert-OH is 2. The lowest BCUT2D eigenvalue weighted by atomic mass is 9.45. The third kappa shape index (κ3) is 4.31. The Morgan fingerprint density at radius 1 is 1.19 bits per heavy atom. The Bertz CT molecular complexity index is 1060. The predicted molar refractivity (Wildman–Crippen MR) is 132 cm³/mol. The molecule has 7 nitrogen and oxygen atoms in total. The van der Waals surface area contributed by atoms with Crippen molar-refractivity contribution in [3.05, 3.63) is 53.6 Å². The van der Waals surface area contributed by atoms with Crippen LogP contribution in [0.15, 0.2) is 48.1 Å². The van der Waals surface area contributed by atoms with Crippen molar-refractivity contribution in [1.29, 1.82) is 0 Å². The summed E-state index contributed by atoms with van der Waals surface area (Å²) in [5.41, 5.74) is 0.304. The van der Waals surface area contributed by atoms with Crippen molar-refractivity contribution in [1.82, 2.24) is 0 Å². The van der Waals surface area contributed by atoms with Crippen molar-refractivity contribution in [2.45, 2.75) is 63.8 Å². The molecule has 4 fully saturated rings. The molecule has 0 bridgehead atoms. The van der Waals surface area contributed by atoms with E-state index in [2.05, 4.69) is 6.92 Å². The third-order valence-corrected chi connectivity index (χ3v) is 9.44. The van der Waals surface area contributed by atoms with Crippen LogP contribution in [-0.4, -0.2) is 59.8 Å². The van der Waals surface area contributed by atoms with Crippen LogP contribution in [0.3, 0.4) is 0 Å². The van der Waals surface area contributed by atoms with Crippen LogP contribution < -0.4 is 0 Å². The summed E-state index contributed by atoms with van der Waals surface area (Å²) in [6.45, 7) is 4.89. The second kappa shape index (κ2) is 9.43. The number of esters is 2. The van der Waals surface area contributed by atoms with E-state index in [0.29, 0.717) is 25.0 Å². The minimum Gasteiger partial charge on any atom is -0.458 e. The van der Waals surface area contributed by atoms with Crippen LogP contribution in [0.4, 0.5) is 0 Å². The van der Waals surface area contributed by atoms with Gasteiger partial charge in [-0.05, 0) is 61.0 Å². The monoisotopic (exact) mass is 496 g/mol. The van der Waals surface area contributed by atoms with Crippen LogP contribution in [0.1, 0.15) is 51.5 Å². The Kier molecular flexibility index (Phi) is 6.60. The molecule has 7 atom stereocenters. The normalized spacial score (nSPS) is 40.9. The van der Waals surface area contributed by atoms with Gasteiger partial charge in [-0.1, -0.05) is 50.3 Å². The molecular formula is C29H36O7. The van der Waals surface area contributed by atoms with Crippen LogP contribution in [0, 0.1) is 22.7 Å². The van der Waals surface area contributed by atoms with Crippen molar-refractivity contribution in [3.63, 3.8) is 0 Å². The molecule has 4 aliphatic rings. The largest absolute Gasteiger partial charge is 0.458 e. The summed E-state index contributed by atoms with van der Waals surface area (Å²) in [7, 11) is 0. The molecule has 2 aliphatic carbocycles. The van der Waals surface area contributed by atoms with E-state index in [0.717, 1.165) is 24.8 Å². The number of allylic oxidation sites excluding steroid dienone is 1. The Morgan fingerprint density at radius 3 is 2.64 bits per heavy atom. The number of fused-ring (bicyclic) bond motifs is 1. The first-order chi connectivity index (χ1) is 17.2. The van der Waals surface area contributed by atoms with Gasteiger partial charge in [0.25, 0.3) is 0 Å². The van der Waals surface area contributed by atoms with Gasteiger partial charge in [0.05, 0.1) is 30.5 Å². The highest BCUT2D eigenvalue weighted by atomic mass is 16.6. The average Bonchev–Trinajstić information content (AvgIpc) is 3.57. The molecular weight excluding hydrogens is 460 g/mol. The maximum Gasteiger partial charge on any atom is 0.337 e. The molecule has 7 heteroatoms. The second-order valence-electron chi connectivity index (χ2n) is 11.4. The highest BCUT2D eigenvalue weighted by molar-refractivity contribution is 5.93. The number of ether oxygens (including phenoxy) is 3. The van der Waals surface area contributed by atoms with Crippen molar-refractivity contribution in [3.8, 4) is 0 Å². The minimum atomic E-state index is -0.746. The van der Waals surface area contributed by atoms with Crippen molar-refractivity contribution < 1.29 is 34.0 Å². The maximum absolute atomic E-state index is 12.6. The molecule has 0 aromatic heterocycles. The molecule has 2 saturated carbocycles. The lowest BCUT2D eigenvalue weighted by Gasteiger charge is -2.60. The number of epoxide rings is 1. The molecule has 1 unspecified atom stereocenters. The number of benzene rings is 1. The summed E-state index contributed by atoms with van der Waals surface area (Å²) in [4.78, 5) is 25.0. The first-order valence-electron chi connectivity index (χ1n) is 13.0. The summed E-state index contributed by atoms with van der Waals surface area (Å²) < 4.78 is 16.9. The van der Waals surface area contributed by atoms with E-state index in [4.69, 9.17) is 14.2 Å². The Labute approximate surface area is 212 Å². The number of carbonyl (C=O) groups excluding carboxylic acids is 2. The standard InChI is InChI=1S/C29H36O7/c1-27-14-13-24(31)28(2,17-30)22(27)12-15-29(18-35-29)23(27)10-9-20-21(16-34-26(20)33)36-25(32)11-8-19-6-4-3-5-7-19/h3-9,11,21-24,30-31H,10,12-18H2,1-2H3/b11-8+,20-9+/t21-,22?,23-,24-,27+,28+,29+/m1/s1. The molecule has 2 N–H and O–H groups in total. The highest BCUT2D eigenvalue weighted by Gasteiger charge is 2.66. The molecule has 36 heavy (non-hydrogen) atoms. The zero-order chi connectivity index (χ0) is 25.6. The molecule has 2 heterocycles. The van der Waals surface area contributed by atoms with Crippen LogP contribution in [0.5, 0.6) is 0 Å². The van der Waals surface area contributed by atoms with Crippen LogP contribution in [0.2, 0.25) is 0 Å². The van der Waals surface area contributed by atoms with Gasteiger partial charge in [-0.25, -0.2) is 9.59 Å². The van der Waals surface area contributed by atoms with Gasteiger partial charge in [0.2, 0.25) is 0 Å². The quantitative estimate of drug-likeness (QED) is 0.353. The smallest absolute Gasteiger partial charge is 0.337 e. The predicted octanol–water partition coefficient (Wildman–Crippen LogP) is 3.44. The van der Waals surface area contributed by atoms with Crippen molar-refractivity contribution in [2.75, 3.05) is 19.8 Å². The molecule has 194 valence electrons. The zero-order valence-electron chi connectivity index (χ0n) is 21.0. The van der Waals surface area contributed by atoms with Gasteiger partial charge >= 0.3 is 11.9 Å². The molecule has 1 aromatic carbocycles. The Balaban J connectivity index is 1.34. The lowest BCUT2D eigenvalue weighted by Crippen LogP contribution is -2.60. The van der Waals surface area contributed by atoms with E-state index >= 15 is 0 Å². The average molecular weight is 497 g/mol. The van der Waals surface area contributed by atoms with Crippen LogP contribution >= 0.6 is 0 Å². The maximum atomic E-state index is 12.6. The van der Waals surface area contributed by atoms with E-state index in [1.165, 1.54) is 6.08 Å². The van der Waals surface area contributed by atoms with Crippen molar-refractivity contribution >= 4 is 18.0 Å². The van der Waals surface area contributed by atoms with Crippen molar-refractivity contribution in [2.24, 2.45) is 22.7 Å². The van der Waals surface area contributed by atoms with Gasteiger partial charge < -0.3 is 24.4 Å². The second-order valence-corrected chi connectivity index (χ2v) is 11.4. The minimum absolute atomic E-state index is 0.0105. The Hall–Kier alpha value is -2.48. The number of carbonyl (C=O) groups is 2. The van der Waals surface area contributed by atoms with Gasteiger partial charge in [-0.15, -0.1) is 0 Å². The molecule has 0 amide bonds. The SMILES string of the molecule is C[C@]1(CO)C2CC[C@]3(CO3)[C@H](C/C=C3/C(=O)OC[C@H]3OC(=O)/C=C/c3ccccc3)[C@@]2(C)CC[C@H]1O. The lowest BCUT2D eigenvalue weighted by molar-refractivity contribution is -0.175. The van der Waals surface area contributed by atoms with Gasteiger partial charge in [0, 0.05) is 11.5 Å². The fraction of sp³-hybridized carbons (Fsp3) is 0.586. The summed E-state index contributed by atoms with van der Waals surface area (Å²) >= 11 is 0. The molecule has 2 saturated heterocycles. The first-order valence-corrected chi connectivity index (χ1v) is 13.0. The summed E-state index contributed by atoms with van der Waals surface area (Å²) in [5.74, 6) is -0.719. The summed E-state index contributed by atoms with van der Waals surface area (Å²) in [5, 5.41) is 21.0. The number of rotatable bonds is 6. The van der Waals surface area contributed by atoms with E-state index < -0.39 is 29.6 Å². The fourth-order valence-electron chi connectivity index (χ4n) is 7.24. The summed E-state index contributed by atoms with van der Waals surface area (Å²) in [6.07, 6.45) is 7.44. The number of aliphatic hydroxyl groups is 2. The first kappa shape index (κ1) is 25.2. The molecule has 0 radical (unpaired) electrons. The summed E-state index contributed by atoms with van der Waals surface area (Å²) in [6, 6.07) is 9.45. The Morgan fingerprint density at radius 2 is 1.94 bits per heavy atom. The topological polar surface area (TPSA) is 106 Å². The van der Waals surface area contributed by atoms with Crippen LogP contribution in [-0.2, 0) is 23.8 Å².